The lowest BCUT2D eigenvalue weighted by Gasteiger charge is -2.38. The van der Waals surface area contributed by atoms with Crippen molar-refractivity contribution < 1.29 is 8.78 Å². The lowest BCUT2D eigenvalue weighted by molar-refractivity contribution is -0.0272. The monoisotopic (exact) mass is 263 g/mol. The van der Waals surface area contributed by atoms with Crippen molar-refractivity contribution in [3.63, 3.8) is 0 Å². The number of anilines is 1. The summed E-state index contributed by atoms with van der Waals surface area (Å²) < 4.78 is 25.9. The van der Waals surface area contributed by atoms with E-state index in [1.54, 1.807) is 13.1 Å². The van der Waals surface area contributed by atoms with E-state index in [0.29, 0.717) is 5.95 Å². The fourth-order valence-corrected chi connectivity index (χ4v) is 1.44. The van der Waals surface area contributed by atoms with Gasteiger partial charge in [-0.25, -0.2) is 18.7 Å². The summed E-state index contributed by atoms with van der Waals surface area (Å²) in [7, 11) is 0. The van der Waals surface area contributed by atoms with Crippen LogP contribution in [-0.4, -0.2) is 29.0 Å². The van der Waals surface area contributed by atoms with Gasteiger partial charge in [-0.15, -0.1) is 0 Å². The highest BCUT2D eigenvalue weighted by molar-refractivity contribution is 9.10. The Morgan fingerprint density at radius 3 is 2.64 bits per heavy atom. The third-order valence-electron chi connectivity index (χ3n) is 2.03. The van der Waals surface area contributed by atoms with Crippen LogP contribution in [0, 0.1) is 6.92 Å². The maximum atomic E-state index is 12.5. The molecule has 0 bridgehead atoms. The number of hydrogen-bond donors (Lipinski definition) is 0. The normalized spacial score (nSPS) is 19.3. The average Bonchev–Trinajstić information content (AvgIpc) is 2.06. The van der Waals surface area contributed by atoms with E-state index >= 15 is 0 Å². The molecule has 1 aromatic heterocycles. The fourth-order valence-electron chi connectivity index (χ4n) is 1.25. The van der Waals surface area contributed by atoms with Crippen LogP contribution in [0.25, 0.3) is 0 Å². The first-order chi connectivity index (χ1) is 6.48. The van der Waals surface area contributed by atoms with Crippen molar-refractivity contribution in [2.24, 2.45) is 0 Å². The highest BCUT2D eigenvalue weighted by Gasteiger charge is 2.45. The van der Waals surface area contributed by atoms with Gasteiger partial charge in [0.1, 0.15) is 0 Å². The molecule has 0 saturated carbocycles. The Morgan fingerprint density at radius 2 is 2.14 bits per heavy atom. The molecule has 1 aromatic rings. The van der Waals surface area contributed by atoms with Crippen LogP contribution in [0.5, 0.6) is 0 Å². The van der Waals surface area contributed by atoms with E-state index < -0.39 is 5.92 Å². The van der Waals surface area contributed by atoms with E-state index in [2.05, 4.69) is 25.9 Å². The van der Waals surface area contributed by atoms with Gasteiger partial charge in [0.15, 0.2) is 0 Å². The molecule has 14 heavy (non-hydrogen) atoms. The molecule has 0 aliphatic carbocycles. The van der Waals surface area contributed by atoms with Gasteiger partial charge in [-0.3, -0.25) is 0 Å². The zero-order valence-corrected chi connectivity index (χ0v) is 9.05. The number of rotatable bonds is 1. The number of hydrogen-bond acceptors (Lipinski definition) is 3. The van der Waals surface area contributed by atoms with E-state index in [9.17, 15) is 8.78 Å². The maximum Gasteiger partial charge on any atom is 0.282 e. The summed E-state index contributed by atoms with van der Waals surface area (Å²) in [5.41, 5.74) is 0.755. The fraction of sp³-hybridized carbons (Fsp3) is 0.500. The molecule has 2 rings (SSSR count). The minimum Gasteiger partial charge on any atom is -0.329 e. The van der Waals surface area contributed by atoms with Crippen LogP contribution in [0.3, 0.4) is 0 Å². The molecule has 0 aromatic carbocycles. The van der Waals surface area contributed by atoms with Crippen LogP contribution in [0.1, 0.15) is 5.69 Å². The number of aryl methyl sites for hydroxylation is 1. The smallest absolute Gasteiger partial charge is 0.282 e. The van der Waals surface area contributed by atoms with Gasteiger partial charge >= 0.3 is 0 Å². The summed E-state index contributed by atoms with van der Waals surface area (Å²) in [5.74, 6) is -2.21. The molecular weight excluding hydrogens is 256 g/mol. The summed E-state index contributed by atoms with van der Waals surface area (Å²) in [6.45, 7) is 1.23. The molecule has 0 spiro atoms. The van der Waals surface area contributed by atoms with Gasteiger partial charge in [-0.2, -0.15) is 0 Å². The molecule has 1 aliphatic rings. The van der Waals surface area contributed by atoms with Crippen LogP contribution in [0.2, 0.25) is 0 Å². The van der Waals surface area contributed by atoms with Crippen molar-refractivity contribution in [1.82, 2.24) is 9.97 Å². The Morgan fingerprint density at radius 1 is 1.50 bits per heavy atom. The van der Waals surface area contributed by atoms with Gasteiger partial charge in [0.2, 0.25) is 5.95 Å². The number of nitrogens with zero attached hydrogens (tertiary/aromatic N) is 3. The second-order valence-electron chi connectivity index (χ2n) is 3.32. The Bertz CT molecular complexity index is 362. The van der Waals surface area contributed by atoms with Crippen LogP contribution in [0.15, 0.2) is 10.7 Å². The predicted octanol–water partition coefficient (Wildman–Crippen LogP) is 2.00. The van der Waals surface area contributed by atoms with E-state index in [0.717, 1.165) is 10.2 Å². The summed E-state index contributed by atoms with van der Waals surface area (Å²) in [5, 5.41) is 0. The molecule has 6 heteroatoms. The molecule has 0 radical (unpaired) electrons. The molecule has 3 nitrogen and oxygen atoms in total. The predicted molar refractivity (Wildman–Crippen MR) is 51.6 cm³/mol. The van der Waals surface area contributed by atoms with E-state index in [1.165, 1.54) is 4.90 Å². The van der Waals surface area contributed by atoms with Crippen molar-refractivity contribution in [2.45, 2.75) is 12.8 Å². The van der Waals surface area contributed by atoms with Gasteiger partial charge in [0, 0.05) is 6.20 Å². The summed E-state index contributed by atoms with van der Waals surface area (Å²) >= 11 is 3.25. The summed E-state index contributed by atoms with van der Waals surface area (Å²) in [6.07, 6.45) is 1.58. The molecule has 76 valence electrons. The Kier molecular flexibility index (Phi) is 2.17. The number of alkyl halides is 2. The van der Waals surface area contributed by atoms with Gasteiger partial charge in [0.25, 0.3) is 5.92 Å². The standard InChI is InChI=1S/C8H8BrF2N3/c1-5-6(9)2-12-7(13-5)14-3-8(10,11)4-14/h2H,3-4H2,1H3. The van der Waals surface area contributed by atoms with Crippen molar-refractivity contribution in [2.75, 3.05) is 18.0 Å². The molecule has 2 heterocycles. The third kappa shape index (κ3) is 1.70. The molecule has 1 aliphatic heterocycles. The minimum atomic E-state index is -2.58. The Balaban J connectivity index is 2.16. The Hall–Kier alpha value is -0.780. The lowest BCUT2D eigenvalue weighted by Crippen LogP contribution is -2.57. The zero-order valence-electron chi connectivity index (χ0n) is 7.47. The number of halogens is 3. The number of aromatic nitrogens is 2. The van der Waals surface area contributed by atoms with Crippen LogP contribution in [-0.2, 0) is 0 Å². The van der Waals surface area contributed by atoms with Crippen molar-refractivity contribution in [3.05, 3.63) is 16.4 Å². The summed E-state index contributed by atoms with van der Waals surface area (Å²) in [6, 6.07) is 0. The lowest BCUT2D eigenvalue weighted by atomic mass is 10.2. The van der Waals surface area contributed by atoms with Crippen LogP contribution in [0.4, 0.5) is 14.7 Å². The van der Waals surface area contributed by atoms with Crippen LogP contribution < -0.4 is 4.90 Å². The first kappa shape index (κ1) is 9.76. The minimum absolute atomic E-state index is 0.284. The van der Waals surface area contributed by atoms with E-state index in [4.69, 9.17) is 0 Å². The molecule has 0 N–H and O–H groups in total. The third-order valence-corrected chi connectivity index (χ3v) is 2.81. The van der Waals surface area contributed by atoms with Gasteiger partial charge < -0.3 is 4.90 Å². The first-order valence-corrected chi connectivity index (χ1v) is 4.89. The second kappa shape index (κ2) is 3.12. The van der Waals surface area contributed by atoms with Gasteiger partial charge in [-0.05, 0) is 22.9 Å². The Labute approximate surface area is 88.3 Å². The topological polar surface area (TPSA) is 29.0 Å². The largest absolute Gasteiger partial charge is 0.329 e. The molecular formula is C8H8BrF2N3. The van der Waals surface area contributed by atoms with Gasteiger partial charge in [-0.1, -0.05) is 0 Å². The van der Waals surface area contributed by atoms with E-state index in [-0.39, 0.29) is 13.1 Å². The van der Waals surface area contributed by atoms with Gasteiger partial charge in [0.05, 0.1) is 23.3 Å². The van der Waals surface area contributed by atoms with Crippen molar-refractivity contribution in [3.8, 4) is 0 Å². The second-order valence-corrected chi connectivity index (χ2v) is 4.17. The quantitative estimate of drug-likeness (QED) is 0.776. The highest BCUT2D eigenvalue weighted by atomic mass is 79.9. The van der Waals surface area contributed by atoms with E-state index in [1.807, 2.05) is 0 Å². The van der Waals surface area contributed by atoms with Crippen molar-refractivity contribution in [1.29, 1.82) is 0 Å². The van der Waals surface area contributed by atoms with Crippen molar-refractivity contribution >= 4 is 21.9 Å². The maximum absolute atomic E-state index is 12.5. The molecule has 0 unspecified atom stereocenters. The summed E-state index contributed by atoms with van der Waals surface area (Å²) in [4.78, 5) is 9.51. The SMILES string of the molecule is Cc1nc(N2CC(F)(F)C2)ncc1Br. The molecule has 0 amide bonds. The van der Waals surface area contributed by atoms with Crippen LogP contribution >= 0.6 is 15.9 Å². The average molecular weight is 264 g/mol. The molecule has 0 atom stereocenters. The zero-order chi connectivity index (χ0) is 10.3. The first-order valence-electron chi connectivity index (χ1n) is 4.10. The highest BCUT2D eigenvalue weighted by Crippen LogP contribution is 2.30. The molecule has 1 fully saturated rings. The molecule has 1 saturated heterocycles.